The first-order valence-corrected chi connectivity index (χ1v) is 9.81. The van der Waals surface area contributed by atoms with Crippen molar-refractivity contribution in [2.75, 3.05) is 20.6 Å². The van der Waals surface area contributed by atoms with E-state index in [0.29, 0.717) is 10.6 Å². The number of thioether (sulfide) groups is 1. The predicted octanol–water partition coefficient (Wildman–Crippen LogP) is 1.84. The molecular weight excluding hydrogens is 320 g/mol. The maximum atomic E-state index is 12.1. The van der Waals surface area contributed by atoms with Gasteiger partial charge in [0.2, 0.25) is 15.9 Å². The van der Waals surface area contributed by atoms with Crippen LogP contribution in [0.4, 0.5) is 0 Å². The Morgan fingerprint density at radius 1 is 1.32 bits per heavy atom. The summed E-state index contributed by atoms with van der Waals surface area (Å²) in [6.07, 6.45) is 2.96. The number of carbonyl (C=O) groups excluding carboxylic acids is 1. The molecule has 0 saturated carbocycles. The Bertz CT molecular complexity index is 629. The van der Waals surface area contributed by atoms with Crippen LogP contribution < -0.4 is 5.32 Å². The zero-order valence-corrected chi connectivity index (χ0v) is 14.5. The maximum Gasteiger partial charge on any atom is 0.242 e. The average Bonchev–Trinajstić information content (AvgIpc) is 2.70. The van der Waals surface area contributed by atoms with E-state index in [-0.39, 0.29) is 11.2 Å². The van der Waals surface area contributed by atoms with Crippen LogP contribution in [-0.2, 0) is 20.6 Å². The first-order valence-electron chi connectivity index (χ1n) is 7.32. The van der Waals surface area contributed by atoms with Gasteiger partial charge in [0.15, 0.2) is 0 Å². The van der Waals surface area contributed by atoms with Crippen molar-refractivity contribution in [1.29, 1.82) is 0 Å². The molecule has 7 heteroatoms. The van der Waals surface area contributed by atoms with E-state index in [2.05, 4.69) is 5.32 Å². The Balaban J connectivity index is 2.06. The van der Waals surface area contributed by atoms with Gasteiger partial charge < -0.3 is 5.32 Å². The highest BCUT2D eigenvalue weighted by molar-refractivity contribution is 7.99. The number of nitrogens with one attached hydrogen (secondary N) is 1. The lowest BCUT2D eigenvalue weighted by atomic mass is 10.2. The molecule has 122 valence electrons. The van der Waals surface area contributed by atoms with Crippen LogP contribution in [0, 0.1) is 0 Å². The summed E-state index contributed by atoms with van der Waals surface area (Å²) in [5.74, 6) is 0.731. The van der Waals surface area contributed by atoms with Gasteiger partial charge in [0, 0.05) is 26.4 Å². The molecular formula is C15H22N2O3S2. The number of benzene rings is 1. The van der Waals surface area contributed by atoms with E-state index < -0.39 is 10.0 Å². The molecule has 0 aliphatic carbocycles. The van der Waals surface area contributed by atoms with Crippen molar-refractivity contribution in [2.24, 2.45) is 0 Å². The van der Waals surface area contributed by atoms with Gasteiger partial charge in [-0.2, -0.15) is 0 Å². The fourth-order valence-electron chi connectivity index (χ4n) is 2.27. The molecule has 1 atom stereocenters. The van der Waals surface area contributed by atoms with Crippen LogP contribution >= 0.6 is 11.8 Å². The van der Waals surface area contributed by atoms with Crippen molar-refractivity contribution >= 4 is 27.7 Å². The second-order valence-electron chi connectivity index (χ2n) is 5.52. The van der Waals surface area contributed by atoms with Crippen LogP contribution in [0.25, 0.3) is 0 Å². The summed E-state index contributed by atoms with van der Waals surface area (Å²) in [4.78, 5) is 12.2. The first kappa shape index (κ1) is 17.3. The molecule has 1 fully saturated rings. The third-order valence-corrected chi connectivity index (χ3v) is 6.78. The quantitative estimate of drug-likeness (QED) is 0.887. The summed E-state index contributed by atoms with van der Waals surface area (Å²) in [7, 11) is -0.373. The van der Waals surface area contributed by atoms with Gasteiger partial charge in [-0.15, -0.1) is 11.8 Å². The molecule has 1 heterocycles. The zero-order valence-electron chi connectivity index (χ0n) is 12.9. The number of hydrogen-bond acceptors (Lipinski definition) is 4. The Morgan fingerprint density at radius 2 is 2.09 bits per heavy atom. The second kappa shape index (κ2) is 7.48. The molecule has 0 radical (unpaired) electrons. The Kier molecular flexibility index (Phi) is 5.88. The van der Waals surface area contributed by atoms with Crippen LogP contribution in [0.15, 0.2) is 29.2 Å². The maximum absolute atomic E-state index is 12.1. The van der Waals surface area contributed by atoms with Gasteiger partial charge >= 0.3 is 0 Å². The van der Waals surface area contributed by atoms with Crippen molar-refractivity contribution in [2.45, 2.75) is 35.2 Å². The van der Waals surface area contributed by atoms with Gasteiger partial charge in [0.25, 0.3) is 0 Å². The third kappa shape index (κ3) is 4.24. The normalized spacial score (nSPS) is 19.8. The molecule has 1 unspecified atom stereocenters. The standard InChI is InChI=1S/C15H22N2O3S2/c1-17(2)22(19,20)13-7-5-6-12(10-13)11-21-14-8-3-4-9-16-15(14)18/h5-7,10,14H,3-4,8-9,11H2,1-2H3,(H,16,18). The zero-order chi connectivity index (χ0) is 16.2. The second-order valence-corrected chi connectivity index (χ2v) is 8.86. The smallest absolute Gasteiger partial charge is 0.242 e. The van der Waals surface area contributed by atoms with Gasteiger partial charge in [-0.3, -0.25) is 4.79 Å². The minimum Gasteiger partial charge on any atom is -0.355 e. The molecule has 1 aliphatic heterocycles. The Hall–Kier alpha value is -1.05. The molecule has 2 rings (SSSR count). The minimum atomic E-state index is -3.41. The molecule has 22 heavy (non-hydrogen) atoms. The van der Waals surface area contributed by atoms with Crippen LogP contribution in [0.5, 0.6) is 0 Å². The molecule has 1 aromatic rings. The molecule has 1 aromatic carbocycles. The van der Waals surface area contributed by atoms with Crippen LogP contribution in [-0.4, -0.2) is 44.5 Å². The van der Waals surface area contributed by atoms with Crippen molar-refractivity contribution < 1.29 is 13.2 Å². The summed E-state index contributed by atoms with van der Waals surface area (Å²) in [6, 6.07) is 6.94. The molecule has 0 spiro atoms. The summed E-state index contributed by atoms with van der Waals surface area (Å²) in [6.45, 7) is 0.756. The van der Waals surface area contributed by atoms with Crippen LogP contribution in [0.2, 0.25) is 0 Å². The number of sulfonamides is 1. The molecule has 1 amide bonds. The lowest BCUT2D eigenvalue weighted by Gasteiger charge is -2.14. The fourth-order valence-corrected chi connectivity index (χ4v) is 4.39. The summed E-state index contributed by atoms with van der Waals surface area (Å²) < 4.78 is 25.5. The largest absolute Gasteiger partial charge is 0.355 e. The van der Waals surface area contributed by atoms with E-state index in [9.17, 15) is 13.2 Å². The number of hydrogen-bond donors (Lipinski definition) is 1. The number of rotatable bonds is 5. The van der Waals surface area contributed by atoms with E-state index in [1.54, 1.807) is 30.0 Å². The molecule has 1 N–H and O–H groups in total. The lowest BCUT2D eigenvalue weighted by Crippen LogP contribution is -2.30. The predicted molar refractivity (Wildman–Crippen MR) is 89.3 cm³/mol. The van der Waals surface area contributed by atoms with Gasteiger partial charge in [-0.25, -0.2) is 12.7 Å². The average molecular weight is 342 g/mol. The van der Waals surface area contributed by atoms with E-state index in [4.69, 9.17) is 0 Å². The summed E-state index contributed by atoms with van der Waals surface area (Å²) in [5.41, 5.74) is 0.921. The summed E-state index contributed by atoms with van der Waals surface area (Å²) >= 11 is 1.58. The molecule has 1 saturated heterocycles. The molecule has 1 aliphatic rings. The Morgan fingerprint density at radius 3 is 2.82 bits per heavy atom. The van der Waals surface area contributed by atoms with Crippen molar-refractivity contribution in [3.05, 3.63) is 29.8 Å². The SMILES string of the molecule is CN(C)S(=O)(=O)c1cccc(CSC2CCCCNC2=O)c1. The first-order chi connectivity index (χ1) is 10.4. The molecule has 0 aromatic heterocycles. The topological polar surface area (TPSA) is 66.5 Å². The van der Waals surface area contributed by atoms with Crippen molar-refractivity contribution in [3.8, 4) is 0 Å². The van der Waals surface area contributed by atoms with Gasteiger partial charge in [0.1, 0.15) is 0 Å². The van der Waals surface area contributed by atoms with E-state index in [1.165, 1.54) is 18.4 Å². The minimum absolute atomic E-state index is 0.0448. The van der Waals surface area contributed by atoms with E-state index in [0.717, 1.165) is 31.4 Å². The van der Waals surface area contributed by atoms with Gasteiger partial charge in [-0.1, -0.05) is 18.6 Å². The number of carbonyl (C=O) groups is 1. The van der Waals surface area contributed by atoms with E-state index in [1.807, 2.05) is 6.07 Å². The highest BCUT2D eigenvalue weighted by atomic mass is 32.2. The van der Waals surface area contributed by atoms with Gasteiger partial charge in [0.05, 0.1) is 10.1 Å². The van der Waals surface area contributed by atoms with Gasteiger partial charge in [-0.05, 0) is 30.5 Å². The Labute approximate surface area is 136 Å². The number of nitrogens with zero attached hydrogens (tertiary/aromatic N) is 1. The van der Waals surface area contributed by atoms with E-state index >= 15 is 0 Å². The third-order valence-electron chi connectivity index (χ3n) is 3.61. The monoisotopic (exact) mass is 342 g/mol. The van der Waals surface area contributed by atoms with Crippen LogP contribution in [0.3, 0.4) is 0 Å². The highest BCUT2D eigenvalue weighted by Gasteiger charge is 2.21. The van der Waals surface area contributed by atoms with Crippen molar-refractivity contribution in [3.63, 3.8) is 0 Å². The fraction of sp³-hybridized carbons (Fsp3) is 0.533. The summed E-state index contributed by atoms with van der Waals surface area (Å²) in [5, 5.41) is 2.87. The highest BCUT2D eigenvalue weighted by Crippen LogP contribution is 2.25. The van der Waals surface area contributed by atoms with Crippen molar-refractivity contribution in [1.82, 2.24) is 9.62 Å². The molecule has 0 bridgehead atoms. The van der Waals surface area contributed by atoms with Crippen LogP contribution in [0.1, 0.15) is 24.8 Å². The molecule has 5 nitrogen and oxygen atoms in total. The lowest BCUT2D eigenvalue weighted by molar-refractivity contribution is -0.120. The number of amides is 1.